The van der Waals surface area contributed by atoms with Crippen molar-refractivity contribution in [3.63, 3.8) is 0 Å². The average Bonchev–Trinajstić information content (AvgIpc) is 2.58. The van der Waals surface area contributed by atoms with Gasteiger partial charge in [0.25, 0.3) is 0 Å². The standard InChI is InChI=1S/C11H13F2N/c1-11(4-5-14-7-11)8-2-3-9(12)10(13)6-8/h2-3,6,14H,4-5,7H2,1H3/t11-/m0/s1. The highest BCUT2D eigenvalue weighted by Gasteiger charge is 2.30. The van der Waals surface area contributed by atoms with Gasteiger partial charge in [0.15, 0.2) is 11.6 Å². The van der Waals surface area contributed by atoms with E-state index in [4.69, 9.17) is 0 Å². The van der Waals surface area contributed by atoms with Gasteiger partial charge in [0.2, 0.25) is 0 Å². The van der Waals surface area contributed by atoms with Crippen molar-refractivity contribution in [2.45, 2.75) is 18.8 Å². The lowest BCUT2D eigenvalue weighted by atomic mass is 9.82. The molecule has 1 aliphatic heterocycles. The van der Waals surface area contributed by atoms with E-state index < -0.39 is 11.6 Å². The number of hydrogen-bond acceptors (Lipinski definition) is 1. The van der Waals surface area contributed by atoms with Crippen molar-refractivity contribution in [3.05, 3.63) is 35.4 Å². The molecule has 0 unspecified atom stereocenters. The molecule has 0 spiro atoms. The Morgan fingerprint density at radius 2 is 2.07 bits per heavy atom. The van der Waals surface area contributed by atoms with E-state index in [1.807, 2.05) is 0 Å². The van der Waals surface area contributed by atoms with Gasteiger partial charge < -0.3 is 5.32 Å². The van der Waals surface area contributed by atoms with Crippen LogP contribution in [0.15, 0.2) is 18.2 Å². The fourth-order valence-electron chi connectivity index (χ4n) is 1.93. The first-order valence-electron chi connectivity index (χ1n) is 4.78. The second-order valence-corrected chi connectivity index (χ2v) is 4.12. The summed E-state index contributed by atoms with van der Waals surface area (Å²) in [5.41, 5.74) is 0.829. The second-order valence-electron chi connectivity index (χ2n) is 4.12. The molecule has 14 heavy (non-hydrogen) atoms. The first-order valence-corrected chi connectivity index (χ1v) is 4.78. The lowest BCUT2D eigenvalue weighted by Gasteiger charge is -2.23. The maximum absolute atomic E-state index is 13.0. The Bertz CT molecular complexity index is 343. The van der Waals surface area contributed by atoms with Crippen LogP contribution in [0.2, 0.25) is 0 Å². The summed E-state index contributed by atoms with van der Waals surface area (Å²) in [6.07, 6.45) is 0.970. The summed E-state index contributed by atoms with van der Waals surface area (Å²) in [4.78, 5) is 0. The van der Waals surface area contributed by atoms with E-state index in [9.17, 15) is 8.78 Å². The molecule has 1 aromatic carbocycles. The zero-order valence-electron chi connectivity index (χ0n) is 8.11. The van der Waals surface area contributed by atoms with E-state index in [1.54, 1.807) is 6.07 Å². The van der Waals surface area contributed by atoms with Gasteiger partial charge in [-0.15, -0.1) is 0 Å². The molecule has 1 fully saturated rings. The predicted octanol–water partition coefficient (Wildman–Crippen LogP) is 2.22. The molecule has 1 atom stereocenters. The minimum Gasteiger partial charge on any atom is -0.316 e. The Morgan fingerprint density at radius 3 is 2.64 bits per heavy atom. The van der Waals surface area contributed by atoms with E-state index >= 15 is 0 Å². The molecular formula is C11H13F2N. The molecule has 0 aliphatic carbocycles. The van der Waals surface area contributed by atoms with Crippen LogP contribution < -0.4 is 5.32 Å². The van der Waals surface area contributed by atoms with E-state index in [2.05, 4.69) is 12.2 Å². The van der Waals surface area contributed by atoms with Crippen LogP contribution in [0.3, 0.4) is 0 Å². The maximum atomic E-state index is 13.0. The van der Waals surface area contributed by atoms with E-state index in [0.29, 0.717) is 0 Å². The van der Waals surface area contributed by atoms with Crippen LogP contribution in [0.5, 0.6) is 0 Å². The first kappa shape index (κ1) is 9.59. The van der Waals surface area contributed by atoms with Gasteiger partial charge in [-0.05, 0) is 30.7 Å². The molecule has 1 aliphatic rings. The Kier molecular flexibility index (Phi) is 2.27. The van der Waals surface area contributed by atoms with Crippen LogP contribution in [0.1, 0.15) is 18.9 Å². The summed E-state index contributed by atoms with van der Waals surface area (Å²) >= 11 is 0. The van der Waals surface area contributed by atoms with Gasteiger partial charge in [0.05, 0.1) is 0 Å². The second kappa shape index (κ2) is 3.31. The lowest BCUT2D eigenvalue weighted by molar-refractivity contribution is 0.487. The molecule has 0 aromatic heterocycles. The molecule has 76 valence electrons. The van der Waals surface area contributed by atoms with Crippen molar-refractivity contribution in [2.24, 2.45) is 0 Å². The van der Waals surface area contributed by atoms with Gasteiger partial charge >= 0.3 is 0 Å². The molecule has 1 heterocycles. The fourth-order valence-corrected chi connectivity index (χ4v) is 1.93. The molecule has 0 bridgehead atoms. The predicted molar refractivity (Wildman–Crippen MR) is 51.2 cm³/mol. The Balaban J connectivity index is 2.36. The molecule has 1 N–H and O–H groups in total. The summed E-state index contributed by atoms with van der Waals surface area (Å²) in [5, 5.41) is 3.23. The van der Waals surface area contributed by atoms with Gasteiger partial charge in [-0.25, -0.2) is 8.78 Å². The number of nitrogens with one attached hydrogen (secondary N) is 1. The average molecular weight is 197 g/mol. The quantitative estimate of drug-likeness (QED) is 0.727. The molecule has 0 amide bonds. The molecule has 2 rings (SSSR count). The summed E-state index contributed by atoms with van der Waals surface area (Å²) in [6, 6.07) is 4.18. The van der Waals surface area contributed by atoms with Crippen molar-refractivity contribution < 1.29 is 8.78 Å². The fraction of sp³-hybridized carbons (Fsp3) is 0.455. The lowest BCUT2D eigenvalue weighted by Crippen LogP contribution is -2.25. The molecule has 1 saturated heterocycles. The molecule has 1 nitrogen and oxygen atoms in total. The van der Waals surface area contributed by atoms with E-state index in [0.717, 1.165) is 25.1 Å². The van der Waals surface area contributed by atoms with Crippen molar-refractivity contribution >= 4 is 0 Å². The van der Waals surface area contributed by atoms with Crippen LogP contribution >= 0.6 is 0 Å². The third-order valence-corrected chi connectivity index (χ3v) is 2.99. The first-order chi connectivity index (χ1) is 6.62. The van der Waals surface area contributed by atoms with Crippen LogP contribution in [0, 0.1) is 11.6 Å². The summed E-state index contributed by atoms with van der Waals surface area (Å²) in [6.45, 7) is 3.84. The van der Waals surface area contributed by atoms with Gasteiger partial charge in [-0.1, -0.05) is 13.0 Å². The van der Waals surface area contributed by atoms with Gasteiger partial charge in [-0.2, -0.15) is 0 Å². The topological polar surface area (TPSA) is 12.0 Å². The van der Waals surface area contributed by atoms with Crippen molar-refractivity contribution in [2.75, 3.05) is 13.1 Å². The van der Waals surface area contributed by atoms with E-state index in [1.165, 1.54) is 12.1 Å². The molecule has 3 heteroatoms. The molecule has 0 radical (unpaired) electrons. The van der Waals surface area contributed by atoms with Crippen LogP contribution in [-0.2, 0) is 5.41 Å². The third kappa shape index (κ3) is 1.52. The molecule has 1 aromatic rings. The third-order valence-electron chi connectivity index (χ3n) is 2.99. The summed E-state index contributed by atoms with van der Waals surface area (Å²) in [5.74, 6) is -1.53. The largest absolute Gasteiger partial charge is 0.316 e. The monoisotopic (exact) mass is 197 g/mol. The highest BCUT2D eigenvalue weighted by Crippen LogP contribution is 2.30. The van der Waals surface area contributed by atoms with E-state index in [-0.39, 0.29) is 5.41 Å². The van der Waals surface area contributed by atoms with Crippen LogP contribution in [-0.4, -0.2) is 13.1 Å². The zero-order valence-corrected chi connectivity index (χ0v) is 8.11. The number of rotatable bonds is 1. The maximum Gasteiger partial charge on any atom is 0.159 e. The molecular weight excluding hydrogens is 184 g/mol. The SMILES string of the molecule is C[C@]1(c2ccc(F)c(F)c2)CCNC1. The Labute approximate surface area is 82.1 Å². The highest BCUT2D eigenvalue weighted by atomic mass is 19.2. The zero-order chi connectivity index (χ0) is 10.2. The van der Waals surface area contributed by atoms with Gasteiger partial charge in [0, 0.05) is 12.0 Å². The van der Waals surface area contributed by atoms with Crippen LogP contribution in [0.4, 0.5) is 8.78 Å². The number of halogens is 2. The molecule has 0 saturated carbocycles. The van der Waals surface area contributed by atoms with Crippen molar-refractivity contribution in [1.29, 1.82) is 0 Å². The van der Waals surface area contributed by atoms with Crippen molar-refractivity contribution in [1.82, 2.24) is 5.32 Å². The summed E-state index contributed by atoms with van der Waals surface area (Å²) in [7, 11) is 0. The minimum absolute atomic E-state index is 0.0471. The van der Waals surface area contributed by atoms with Gasteiger partial charge in [0.1, 0.15) is 0 Å². The normalized spacial score (nSPS) is 26.8. The van der Waals surface area contributed by atoms with Gasteiger partial charge in [-0.3, -0.25) is 0 Å². The van der Waals surface area contributed by atoms with Crippen molar-refractivity contribution in [3.8, 4) is 0 Å². The smallest absolute Gasteiger partial charge is 0.159 e. The summed E-state index contributed by atoms with van der Waals surface area (Å²) < 4.78 is 25.7. The van der Waals surface area contributed by atoms with Crippen LogP contribution in [0.25, 0.3) is 0 Å². The Hall–Kier alpha value is -0.960. The number of benzene rings is 1. The Morgan fingerprint density at radius 1 is 1.29 bits per heavy atom. The number of hydrogen-bond donors (Lipinski definition) is 1. The minimum atomic E-state index is -0.775. The highest BCUT2D eigenvalue weighted by molar-refractivity contribution is 5.27.